The minimum absolute atomic E-state index is 0.0762. The largest absolute Gasteiger partial charge is 0.507 e. The van der Waals surface area contributed by atoms with Crippen LogP contribution in [-0.2, 0) is 4.79 Å². The number of benzene rings is 2. The van der Waals surface area contributed by atoms with Crippen molar-refractivity contribution in [2.75, 3.05) is 5.32 Å². The number of phenolic OH excluding ortho intramolecular Hbond substituents is 1. The molecule has 2 N–H and O–H groups in total. The number of rotatable bonds is 3. The minimum atomic E-state index is -0.607. The summed E-state index contributed by atoms with van der Waals surface area (Å²) in [5.41, 5.74) is 0.580. The fraction of sp³-hybridized carbons (Fsp3) is 0. The van der Waals surface area contributed by atoms with Crippen LogP contribution in [0.3, 0.4) is 0 Å². The third-order valence-electron chi connectivity index (χ3n) is 2.74. The van der Waals surface area contributed by atoms with E-state index in [1.807, 2.05) is 0 Å². The number of hydrogen-bond acceptors (Lipinski definition) is 3. The van der Waals surface area contributed by atoms with E-state index >= 15 is 0 Å². The van der Waals surface area contributed by atoms with Crippen LogP contribution in [-0.4, -0.2) is 11.0 Å². The quantitative estimate of drug-likeness (QED) is 0.652. The average Bonchev–Trinajstić information content (AvgIpc) is 2.48. The highest BCUT2D eigenvalue weighted by Crippen LogP contribution is 2.24. The first kappa shape index (κ1) is 15.9. The molecule has 2 aromatic rings. The van der Waals surface area contributed by atoms with Gasteiger partial charge in [0.1, 0.15) is 17.4 Å². The van der Waals surface area contributed by atoms with E-state index in [2.05, 4.69) is 5.32 Å². The van der Waals surface area contributed by atoms with Gasteiger partial charge in [-0.15, -0.1) is 0 Å². The van der Waals surface area contributed by atoms with Gasteiger partial charge in [0.05, 0.1) is 0 Å². The number of carbonyl (C=O) groups is 1. The predicted octanol–water partition coefficient (Wildman–Crippen LogP) is 4.24. The molecule has 110 valence electrons. The van der Waals surface area contributed by atoms with Gasteiger partial charge >= 0.3 is 0 Å². The number of hydrogen-bond donors (Lipinski definition) is 2. The maximum atomic E-state index is 12.1. The molecular formula is C16H10Cl2N2O2. The molecular weight excluding hydrogens is 323 g/mol. The fourth-order valence-corrected chi connectivity index (χ4v) is 2.08. The molecule has 2 rings (SSSR count). The van der Waals surface area contributed by atoms with Crippen molar-refractivity contribution in [3.05, 3.63) is 63.6 Å². The van der Waals surface area contributed by atoms with Crippen molar-refractivity contribution in [2.45, 2.75) is 0 Å². The molecule has 0 bridgehead atoms. The first-order chi connectivity index (χ1) is 10.5. The van der Waals surface area contributed by atoms with E-state index in [0.29, 0.717) is 15.7 Å². The second-order valence-electron chi connectivity index (χ2n) is 4.34. The topological polar surface area (TPSA) is 73.1 Å². The lowest BCUT2D eigenvalue weighted by molar-refractivity contribution is -0.112. The summed E-state index contributed by atoms with van der Waals surface area (Å²) in [7, 11) is 0. The smallest absolute Gasteiger partial charge is 0.266 e. The van der Waals surface area contributed by atoms with Crippen LogP contribution in [0.2, 0.25) is 10.0 Å². The summed E-state index contributed by atoms with van der Waals surface area (Å²) in [5.74, 6) is -0.683. The molecule has 0 saturated heterocycles. The van der Waals surface area contributed by atoms with Gasteiger partial charge in [0.15, 0.2) is 0 Å². The minimum Gasteiger partial charge on any atom is -0.507 e. The summed E-state index contributed by atoms with van der Waals surface area (Å²) in [6, 6.07) is 12.7. The summed E-state index contributed by atoms with van der Waals surface area (Å²) < 4.78 is 0. The van der Waals surface area contributed by atoms with Gasteiger partial charge in [-0.3, -0.25) is 4.79 Å². The lowest BCUT2D eigenvalue weighted by Gasteiger charge is -2.05. The van der Waals surface area contributed by atoms with Crippen LogP contribution >= 0.6 is 23.2 Å². The third kappa shape index (κ3) is 4.01. The van der Waals surface area contributed by atoms with Gasteiger partial charge in [-0.2, -0.15) is 5.26 Å². The van der Waals surface area contributed by atoms with Crippen LogP contribution in [0, 0.1) is 11.3 Å². The average molecular weight is 333 g/mol. The molecule has 0 heterocycles. The summed E-state index contributed by atoms with van der Waals surface area (Å²) in [4.78, 5) is 12.1. The Morgan fingerprint density at radius 2 is 1.91 bits per heavy atom. The molecule has 6 heteroatoms. The molecule has 0 aromatic heterocycles. The molecule has 0 unspecified atom stereocenters. The number of nitrogens with zero attached hydrogens (tertiary/aromatic N) is 1. The SMILES string of the molecule is N#C/C(=C\c1cc(Cl)ccc1O)C(=O)Nc1cccc(Cl)c1. The molecule has 0 fully saturated rings. The zero-order valence-electron chi connectivity index (χ0n) is 11.2. The molecule has 2 aromatic carbocycles. The number of nitriles is 1. The number of aromatic hydroxyl groups is 1. The molecule has 0 atom stereocenters. The molecule has 0 aliphatic heterocycles. The maximum Gasteiger partial charge on any atom is 0.266 e. The van der Waals surface area contributed by atoms with E-state index in [1.54, 1.807) is 30.3 Å². The van der Waals surface area contributed by atoms with Crippen LogP contribution in [0.15, 0.2) is 48.0 Å². The fourth-order valence-electron chi connectivity index (χ4n) is 1.71. The number of carbonyl (C=O) groups excluding carboxylic acids is 1. The van der Waals surface area contributed by atoms with Gasteiger partial charge in [0.25, 0.3) is 5.91 Å². The van der Waals surface area contributed by atoms with Crippen LogP contribution in [0.1, 0.15) is 5.56 Å². The second kappa shape index (κ2) is 6.99. The highest BCUT2D eigenvalue weighted by molar-refractivity contribution is 6.31. The molecule has 0 saturated carbocycles. The van der Waals surface area contributed by atoms with Gasteiger partial charge in [-0.05, 0) is 42.5 Å². The standard InChI is InChI=1S/C16H10Cl2N2O2/c17-12-2-1-3-14(8-12)20-16(22)11(9-19)6-10-7-13(18)4-5-15(10)21/h1-8,21H,(H,20,22)/b11-6+. The highest BCUT2D eigenvalue weighted by atomic mass is 35.5. The Bertz CT molecular complexity index is 795. The number of amides is 1. The van der Waals surface area contributed by atoms with E-state index < -0.39 is 5.91 Å². The summed E-state index contributed by atoms with van der Waals surface area (Å²) in [6.45, 7) is 0. The Labute approximate surface area is 137 Å². The van der Waals surface area contributed by atoms with Crippen LogP contribution in [0.5, 0.6) is 5.75 Å². The Balaban J connectivity index is 2.28. The zero-order valence-corrected chi connectivity index (χ0v) is 12.7. The van der Waals surface area contributed by atoms with Crippen molar-refractivity contribution in [2.24, 2.45) is 0 Å². The molecule has 0 aliphatic rings. The van der Waals surface area contributed by atoms with E-state index in [0.717, 1.165) is 0 Å². The van der Waals surface area contributed by atoms with Gasteiger partial charge in [-0.25, -0.2) is 0 Å². The van der Waals surface area contributed by atoms with Crippen molar-refractivity contribution < 1.29 is 9.90 Å². The van der Waals surface area contributed by atoms with Crippen molar-refractivity contribution in [3.8, 4) is 11.8 Å². The Morgan fingerprint density at radius 1 is 1.18 bits per heavy atom. The molecule has 1 amide bonds. The van der Waals surface area contributed by atoms with Crippen molar-refractivity contribution in [1.82, 2.24) is 0 Å². The summed E-state index contributed by atoms with van der Waals surface area (Å²) >= 11 is 11.7. The Kier molecular flexibility index (Phi) is 5.05. The van der Waals surface area contributed by atoms with Crippen molar-refractivity contribution in [3.63, 3.8) is 0 Å². The van der Waals surface area contributed by atoms with Crippen LogP contribution < -0.4 is 5.32 Å². The predicted molar refractivity (Wildman–Crippen MR) is 86.8 cm³/mol. The van der Waals surface area contributed by atoms with E-state index in [-0.39, 0.29) is 16.9 Å². The van der Waals surface area contributed by atoms with E-state index in [4.69, 9.17) is 28.5 Å². The monoisotopic (exact) mass is 332 g/mol. The lowest BCUT2D eigenvalue weighted by atomic mass is 10.1. The Morgan fingerprint density at radius 3 is 2.59 bits per heavy atom. The number of phenols is 1. The van der Waals surface area contributed by atoms with Gasteiger partial charge in [0.2, 0.25) is 0 Å². The number of anilines is 1. The summed E-state index contributed by atoms with van der Waals surface area (Å²) in [6.07, 6.45) is 1.26. The van der Waals surface area contributed by atoms with Crippen molar-refractivity contribution in [1.29, 1.82) is 5.26 Å². The first-order valence-corrected chi connectivity index (χ1v) is 6.92. The third-order valence-corrected chi connectivity index (χ3v) is 3.21. The zero-order chi connectivity index (χ0) is 16.1. The number of halogens is 2. The van der Waals surface area contributed by atoms with Crippen molar-refractivity contribution >= 4 is 40.9 Å². The lowest BCUT2D eigenvalue weighted by Crippen LogP contribution is -2.13. The first-order valence-electron chi connectivity index (χ1n) is 6.17. The van der Waals surface area contributed by atoms with Gasteiger partial charge < -0.3 is 10.4 Å². The maximum absolute atomic E-state index is 12.1. The molecule has 0 radical (unpaired) electrons. The van der Waals surface area contributed by atoms with E-state index in [1.165, 1.54) is 24.3 Å². The summed E-state index contributed by atoms with van der Waals surface area (Å²) in [5, 5.41) is 22.3. The normalized spacial score (nSPS) is 10.9. The van der Waals surface area contributed by atoms with Gasteiger partial charge in [-0.1, -0.05) is 29.3 Å². The molecule has 0 spiro atoms. The Hall–Kier alpha value is -2.48. The van der Waals surface area contributed by atoms with Crippen LogP contribution in [0.25, 0.3) is 6.08 Å². The number of nitrogens with one attached hydrogen (secondary N) is 1. The molecule has 0 aliphatic carbocycles. The second-order valence-corrected chi connectivity index (χ2v) is 5.21. The van der Waals surface area contributed by atoms with E-state index in [9.17, 15) is 9.90 Å². The molecule has 4 nitrogen and oxygen atoms in total. The highest BCUT2D eigenvalue weighted by Gasteiger charge is 2.11. The molecule has 22 heavy (non-hydrogen) atoms. The van der Waals surface area contributed by atoms with Gasteiger partial charge in [0, 0.05) is 21.3 Å². The van der Waals surface area contributed by atoms with Crippen LogP contribution in [0.4, 0.5) is 5.69 Å².